The molecule has 4 rings (SSSR count). The molecule has 0 saturated carbocycles. The van der Waals surface area contributed by atoms with Crippen LogP contribution in [0.4, 0.5) is 0 Å². The van der Waals surface area contributed by atoms with Crippen molar-refractivity contribution in [1.29, 1.82) is 0 Å². The van der Waals surface area contributed by atoms with Gasteiger partial charge in [0, 0.05) is 12.4 Å². The van der Waals surface area contributed by atoms with Crippen molar-refractivity contribution in [3.63, 3.8) is 0 Å². The molecule has 0 aliphatic carbocycles. The summed E-state index contributed by atoms with van der Waals surface area (Å²) in [4.78, 5) is 3.97. The van der Waals surface area contributed by atoms with E-state index in [0.717, 1.165) is 5.57 Å². The van der Waals surface area contributed by atoms with E-state index < -0.39 is 13.5 Å². The molecule has 0 N–H and O–H groups in total. The predicted molar refractivity (Wildman–Crippen MR) is 142 cm³/mol. The first-order valence-corrected chi connectivity index (χ1v) is 15.2. The Labute approximate surface area is 211 Å². The Balaban J connectivity index is 0.000000250. The minimum absolute atomic E-state index is 0. The molecular weight excluding hydrogens is 534 g/mol. The van der Waals surface area contributed by atoms with Gasteiger partial charge >= 0.3 is 62.3 Å². The molecule has 0 aliphatic heterocycles. The van der Waals surface area contributed by atoms with Gasteiger partial charge in [-0.1, -0.05) is 60.7 Å². The molecule has 0 bridgehead atoms. The fourth-order valence-electron chi connectivity index (χ4n) is 2.51. The molecule has 1 heterocycles. The number of allylic oxidation sites excluding steroid dienone is 1. The van der Waals surface area contributed by atoms with Crippen molar-refractivity contribution in [1.82, 2.24) is 4.98 Å². The first-order valence-electron chi connectivity index (χ1n) is 9.85. The molecule has 0 fully saturated rings. The summed E-state index contributed by atoms with van der Waals surface area (Å²) in [6.07, 6.45) is 3.62. The zero-order valence-corrected chi connectivity index (χ0v) is 22.2. The molecule has 0 unspecified atom stereocenters. The van der Waals surface area contributed by atoms with E-state index in [0.29, 0.717) is 0 Å². The van der Waals surface area contributed by atoms with Crippen LogP contribution in [0.1, 0.15) is 13.8 Å². The van der Waals surface area contributed by atoms with Gasteiger partial charge in [0.15, 0.2) is 0 Å². The third-order valence-corrected chi connectivity index (χ3v) is 5.31. The Morgan fingerprint density at radius 2 is 1.12 bits per heavy atom. The number of aromatic nitrogens is 1. The number of hydrogen-bond donors (Lipinski definition) is 0. The zero-order valence-electron chi connectivity index (χ0n) is 18.9. The van der Waals surface area contributed by atoms with E-state index in [1.54, 1.807) is 0 Å². The Kier molecular flexibility index (Phi) is 14.7. The molecule has 1 aromatic heterocycles. The van der Waals surface area contributed by atoms with E-state index in [9.17, 15) is 0 Å². The minimum atomic E-state index is -1.70. The fraction of sp³-hybridized carbons (Fsp3) is 0.0690. The van der Waals surface area contributed by atoms with Crippen LogP contribution in [0.2, 0.25) is 0 Å². The van der Waals surface area contributed by atoms with Crippen molar-refractivity contribution in [2.24, 2.45) is 0 Å². The number of benzene rings is 3. The molecule has 33 heavy (non-hydrogen) atoms. The van der Waals surface area contributed by atoms with Crippen LogP contribution in [0.25, 0.3) is 22.3 Å². The first-order chi connectivity index (χ1) is 15.6. The summed E-state index contributed by atoms with van der Waals surface area (Å²) >= 11 is -1.70. The number of halogens is 2. The van der Waals surface area contributed by atoms with Gasteiger partial charge in [0.05, 0.1) is 0 Å². The van der Waals surface area contributed by atoms with Gasteiger partial charge in [-0.2, -0.15) is 30.3 Å². The van der Waals surface area contributed by atoms with Crippen molar-refractivity contribution in [3.05, 3.63) is 134 Å². The van der Waals surface area contributed by atoms with E-state index in [1.165, 1.54) is 22.3 Å². The van der Waals surface area contributed by atoms with Crippen LogP contribution in [0.5, 0.6) is 0 Å². The molecule has 172 valence electrons. The Hall–Kier alpha value is -2.56. The molecule has 0 saturated heterocycles. The summed E-state index contributed by atoms with van der Waals surface area (Å²) < 4.78 is 2.73. The van der Waals surface area contributed by atoms with Crippen LogP contribution in [-0.2, 0) is 13.5 Å². The molecule has 4 heteroatoms. The van der Waals surface area contributed by atoms with Crippen molar-refractivity contribution >= 4 is 23.6 Å². The van der Waals surface area contributed by atoms with Crippen molar-refractivity contribution in [2.45, 2.75) is 13.8 Å². The van der Waals surface area contributed by atoms with Crippen molar-refractivity contribution in [2.75, 3.05) is 0 Å². The van der Waals surface area contributed by atoms with E-state index >= 15 is 0 Å². The Bertz CT molecular complexity index is 971. The van der Waals surface area contributed by atoms with Crippen LogP contribution < -0.4 is 0 Å². The van der Waals surface area contributed by atoms with Gasteiger partial charge in [-0.25, -0.2) is 0 Å². The van der Waals surface area contributed by atoms with Crippen LogP contribution in [0, 0.1) is 13.5 Å². The topological polar surface area (TPSA) is 12.9 Å². The quantitative estimate of drug-likeness (QED) is 0.135. The summed E-state index contributed by atoms with van der Waals surface area (Å²) in [7, 11) is 10.9. The number of hydrogen-bond acceptors (Lipinski definition) is 1. The molecule has 0 amide bonds. The normalized spacial score (nSPS) is 9.27. The van der Waals surface area contributed by atoms with Crippen LogP contribution >= 0.6 is 19.4 Å². The van der Waals surface area contributed by atoms with E-state index in [4.69, 9.17) is 19.4 Å². The number of rotatable bonds is 2. The van der Waals surface area contributed by atoms with Crippen LogP contribution in [0.15, 0.2) is 121 Å². The third-order valence-electron chi connectivity index (χ3n) is 3.97. The Morgan fingerprint density at radius 1 is 0.697 bits per heavy atom. The molecule has 4 aromatic rings. The van der Waals surface area contributed by atoms with E-state index in [2.05, 4.69) is 57.4 Å². The van der Waals surface area contributed by atoms with Crippen LogP contribution in [-0.4, -0.2) is 9.25 Å². The molecule has 0 spiro atoms. The number of pyridine rings is 1. The third kappa shape index (κ3) is 12.3. The molecule has 0 radical (unpaired) electrons. The fourth-order valence-corrected chi connectivity index (χ4v) is 3.50. The van der Waals surface area contributed by atoms with Gasteiger partial charge in [0.2, 0.25) is 0 Å². The smallest absolute Gasteiger partial charge is 0.0273 e. The molecule has 0 aliphatic rings. The second-order valence-corrected chi connectivity index (χ2v) is 12.0. The Morgan fingerprint density at radius 3 is 1.52 bits per heavy atom. The molecular formula is C29H27Cl2NRu-2. The van der Waals surface area contributed by atoms with Gasteiger partial charge in [-0.15, -0.1) is 5.56 Å². The van der Waals surface area contributed by atoms with Gasteiger partial charge in [-0.05, 0) is 28.8 Å². The summed E-state index contributed by atoms with van der Waals surface area (Å²) in [6.45, 7) is 3.86. The molecule has 1 nitrogen and oxygen atoms in total. The summed E-state index contributed by atoms with van der Waals surface area (Å²) in [5.41, 5.74) is 8.82. The minimum Gasteiger partial charge on any atom is -0.358 e. The van der Waals surface area contributed by atoms with Crippen LogP contribution in [0.3, 0.4) is 0 Å². The average molecular weight is 562 g/mol. The molecule has 3 aromatic carbocycles. The zero-order chi connectivity index (χ0) is 23.0. The van der Waals surface area contributed by atoms with Gasteiger partial charge < -0.3 is 7.43 Å². The van der Waals surface area contributed by atoms with Gasteiger partial charge in [0.25, 0.3) is 0 Å². The SMILES string of the molecule is CC(C)=C=[C]=[Ru]([Cl])[Cl].[CH3-].[c-]1ccc(-c2ccccc2)cc1.c1ccc(-c2ccncc2)cc1. The van der Waals surface area contributed by atoms with Gasteiger partial charge in [-0.3, -0.25) is 4.98 Å². The van der Waals surface area contributed by atoms with Gasteiger partial charge in [0.1, 0.15) is 0 Å². The van der Waals surface area contributed by atoms with Crippen molar-refractivity contribution < 1.29 is 13.5 Å². The largest absolute Gasteiger partial charge is 0.358 e. The number of nitrogens with zero attached hydrogens (tertiary/aromatic N) is 1. The maximum absolute atomic E-state index is 5.44. The maximum atomic E-state index is 5.44. The first kappa shape index (κ1) is 28.5. The monoisotopic (exact) mass is 561 g/mol. The summed E-state index contributed by atoms with van der Waals surface area (Å²) in [5.74, 6) is 0. The average Bonchev–Trinajstić information content (AvgIpc) is 2.86. The van der Waals surface area contributed by atoms with Crippen molar-refractivity contribution in [3.8, 4) is 22.3 Å². The maximum Gasteiger partial charge on any atom is 0.0273 e. The van der Waals surface area contributed by atoms with E-state index in [1.807, 2.05) is 86.9 Å². The standard InChI is InChI=1S/C12H9.C11H9N.C5H6.CH3.2ClH.Ru/c1-3-7-11(8-4-1)12-9-5-2-6-10-12;1-2-4-10(5-3-1)11-6-8-12-9-7-11;1-4-5(2)3;;;;/h1,3-10H;1-9H;2-3H3;1H3;2*1H;/q-1;;;-1;;;+2/p-2. The van der Waals surface area contributed by atoms with E-state index in [-0.39, 0.29) is 7.43 Å². The summed E-state index contributed by atoms with van der Waals surface area (Å²) in [6, 6.07) is 35.6. The summed E-state index contributed by atoms with van der Waals surface area (Å²) in [5, 5.41) is 0. The predicted octanol–water partition coefficient (Wildman–Crippen LogP) is 8.79. The second-order valence-electron chi connectivity index (χ2n) is 6.65. The molecule has 0 atom stereocenters. The second kappa shape index (κ2) is 17.0.